The first kappa shape index (κ1) is 20.6. The molecule has 0 spiro atoms. The monoisotopic (exact) mass is 410 g/mol. The maximum Gasteiger partial charge on any atom is 0.414 e. The van der Waals surface area contributed by atoms with Crippen LogP contribution >= 0.6 is 22.7 Å². The number of nitrogens with one attached hydrogen (secondary N) is 2. The molecule has 0 radical (unpaired) electrons. The van der Waals surface area contributed by atoms with Gasteiger partial charge in [0.05, 0.1) is 23.7 Å². The lowest BCUT2D eigenvalue weighted by atomic mass is 10.1. The highest BCUT2D eigenvalue weighted by Crippen LogP contribution is 2.34. The lowest BCUT2D eigenvalue weighted by molar-refractivity contribution is 0.0531. The molecule has 0 bridgehead atoms. The molecule has 3 amide bonds. The van der Waals surface area contributed by atoms with E-state index in [1.54, 1.807) is 38.3 Å². The molecular weight excluding hydrogens is 392 g/mol. The first-order chi connectivity index (χ1) is 12.9. The van der Waals surface area contributed by atoms with E-state index in [2.05, 4.69) is 10.6 Å². The Morgan fingerprint density at radius 3 is 2.37 bits per heavy atom. The first-order valence-electron chi connectivity index (χ1n) is 8.02. The van der Waals surface area contributed by atoms with Crippen LogP contribution in [0.25, 0.3) is 0 Å². The summed E-state index contributed by atoms with van der Waals surface area (Å²) in [5, 5.41) is 6.59. The van der Waals surface area contributed by atoms with Gasteiger partial charge < -0.3 is 14.8 Å². The highest BCUT2D eigenvalue weighted by Gasteiger charge is 2.28. The summed E-state index contributed by atoms with van der Waals surface area (Å²) in [6.45, 7) is 5.07. The van der Waals surface area contributed by atoms with Gasteiger partial charge in [-0.15, -0.1) is 22.7 Å². The number of ether oxygens (including phenoxy) is 2. The SMILES string of the molecule is CCOC(=O)NC(=O)c1c(NC(=O)c2cccs2)sc(C(=O)OCC)c1C. The lowest BCUT2D eigenvalue weighted by Gasteiger charge is -2.07. The summed E-state index contributed by atoms with van der Waals surface area (Å²) >= 11 is 2.15. The maximum atomic E-state index is 12.5. The van der Waals surface area contributed by atoms with Gasteiger partial charge in [0.2, 0.25) is 0 Å². The third kappa shape index (κ3) is 4.92. The van der Waals surface area contributed by atoms with Gasteiger partial charge in [0.25, 0.3) is 11.8 Å². The van der Waals surface area contributed by atoms with Gasteiger partial charge in [-0.3, -0.25) is 14.9 Å². The number of amides is 3. The highest BCUT2D eigenvalue weighted by atomic mass is 32.1. The number of carbonyl (C=O) groups excluding carboxylic acids is 4. The van der Waals surface area contributed by atoms with E-state index in [1.165, 1.54) is 11.3 Å². The molecule has 0 saturated carbocycles. The number of hydrogen-bond acceptors (Lipinski definition) is 8. The Kier molecular flexibility index (Phi) is 7.08. The van der Waals surface area contributed by atoms with Gasteiger partial charge in [0, 0.05) is 0 Å². The molecule has 2 aromatic heterocycles. The summed E-state index contributed by atoms with van der Waals surface area (Å²) in [5.74, 6) is -1.81. The first-order valence-corrected chi connectivity index (χ1v) is 9.72. The van der Waals surface area contributed by atoms with Gasteiger partial charge in [0.15, 0.2) is 0 Å². The molecular formula is C17H18N2O6S2. The van der Waals surface area contributed by atoms with Gasteiger partial charge in [-0.1, -0.05) is 6.07 Å². The van der Waals surface area contributed by atoms with Crippen molar-refractivity contribution >= 4 is 51.6 Å². The van der Waals surface area contributed by atoms with E-state index < -0.39 is 23.9 Å². The van der Waals surface area contributed by atoms with Crippen LogP contribution in [-0.4, -0.2) is 37.1 Å². The topological polar surface area (TPSA) is 111 Å². The molecule has 0 unspecified atom stereocenters. The largest absolute Gasteiger partial charge is 0.462 e. The number of anilines is 1. The third-order valence-electron chi connectivity index (χ3n) is 3.30. The minimum absolute atomic E-state index is 0.0148. The molecule has 0 saturated heterocycles. The molecule has 0 aliphatic carbocycles. The Bertz CT molecular complexity index is 857. The van der Waals surface area contributed by atoms with E-state index in [-0.39, 0.29) is 28.7 Å². The molecule has 0 aromatic carbocycles. The summed E-state index contributed by atoms with van der Waals surface area (Å²) in [7, 11) is 0. The Labute approximate surface area is 163 Å². The van der Waals surface area contributed by atoms with Crippen LogP contribution in [0.2, 0.25) is 0 Å². The van der Waals surface area contributed by atoms with E-state index in [4.69, 9.17) is 9.47 Å². The van der Waals surface area contributed by atoms with Gasteiger partial charge in [-0.2, -0.15) is 0 Å². The van der Waals surface area contributed by atoms with Crippen LogP contribution in [0, 0.1) is 6.92 Å². The Morgan fingerprint density at radius 1 is 1.07 bits per heavy atom. The summed E-state index contributed by atoms with van der Waals surface area (Å²) in [5.41, 5.74) is 0.322. The van der Waals surface area contributed by atoms with Crippen LogP contribution in [0.15, 0.2) is 17.5 Å². The lowest BCUT2D eigenvalue weighted by Crippen LogP contribution is -2.32. The number of carbonyl (C=O) groups is 4. The molecule has 27 heavy (non-hydrogen) atoms. The van der Waals surface area contributed by atoms with Crippen LogP contribution < -0.4 is 10.6 Å². The zero-order valence-electron chi connectivity index (χ0n) is 14.9. The molecule has 2 heterocycles. The minimum atomic E-state index is -0.915. The predicted octanol–water partition coefficient (Wildman–Crippen LogP) is 3.43. The van der Waals surface area contributed by atoms with Crippen molar-refractivity contribution in [1.29, 1.82) is 0 Å². The van der Waals surface area contributed by atoms with Crippen LogP contribution in [-0.2, 0) is 9.47 Å². The van der Waals surface area contributed by atoms with Crippen molar-refractivity contribution in [2.24, 2.45) is 0 Å². The Morgan fingerprint density at radius 2 is 1.78 bits per heavy atom. The summed E-state index contributed by atoms with van der Waals surface area (Å²) < 4.78 is 9.69. The van der Waals surface area contributed by atoms with Crippen molar-refractivity contribution in [1.82, 2.24) is 5.32 Å². The van der Waals surface area contributed by atoms with E-state index in [0.717, 1.165) is 11.3 Å². The molecule has 2 rings (SSSR count). The molecule has 0 aliphatic rings. The molecule has 0 atom stereocenters. The van der Waals surface area contributed by atoms with Crippen molar-refractivity contribution in [3.63, 3.8) is 0 Å². The van der Waals surface area contributed by atoms with Crippen molar-refractivity contribution in [3.05, 3.63) is 38.4 Å². The second-order valence-corrected chi connectivity index (χ2v) is 7.06. The summed E-state index contributed by atoms with van der Waals surface area (Å²) in [4.78, 5) is 49.2. The second kappa shape index (κ2) is 9.28. The minimum Gasteiger partial charge on any atom is -0.462 e. The maximum absolute atomic E-state index is 12.5. The fourth-order valence-corrected chi connectivity index (χ4v) is 3.87. The third-order valence-corrected chi connectivity index (χ3v) is 5.35. The molecule has 2 aromatic rings. The number of hydrogen-bond donors (Lipinski definition) is 2. The van der Waals surface area contributed by atoms with Crippen molar-refractivity contribution in [2.45, 2.75) is 20.8 Å². The molecule has 144 valence electrons. The Balaban J connectivity index is 2.38. The van der Waals surface area contributed by atoms with Gasteiger partial charge in [-0.25, -0.2) is 9.59 Å². The van der Waals surface area contributed by atoms with E-state index in [0.29, 0.717) is 10.4 Å². The molecule has 2 N–H and O–H groups in total. The van der Waals surface area contributed by atoms with Crippen LogP contribution in [0.3, 0.4) is 0 Å². The number of alkyl carbamates (subject to hydrolysis) is 1. The molecule has 8 nitrogen and oxygen atoms in total. The zero-order chi connectivity index (χ0) is 20.0. The quantitative estimate of drug-likeness (QED) is 0.706. The van der Waals surface area contributed by atoms with E-state index >= 15 is 0 Å². The van der Waals surface area contributed by atoms with Gasteiger partial charge in [-0.05, 0) is 37.8 Å². The zero-order valence-corrected chi connectivity index (χ0v) is 16.5. The average molecular weight is 410 g/mol. The standard InChI is InChI=1S/C17H18N2O6S2/c1-4-24-16(22)12-9(3)11(14(21)19-17(23)25-5-2)15(27-12)18-13(20)10-7-6-8-26-10/h6-8H,4-5H2,1-3H3,(H,18,20)(H,19,21,23). The number of imide groups is 1. The fraction of sp³-hybridized carbons (Fsp3) is 0.294. The highest BCUT2D eigenvalue weighted by molar-refractivity contribution is 7.19. The van der Waals surface area contributed by atoms with Crippen molar-refractivity contribution in [2.75, 3.05) is 18.5 Å². The van der Waals surface area contributed by atoms with E-state index in [1.807, 2.05) is 0 Å². The van der Waals surface area contributed by atoms with E-state index in [9.17, 15) is 19.2 Å². The summed E-state index contributed by atoms with van der Waals surface area (Å²) in [6, 6.07) is 3.35. The average Bonchev–Trinajstić information content (AvgIpc) is 3.23. The molecule has 10 heteroatoms. The Hall–Kier alpha value is -2.72. The summed E-state index contributed by atoms with van der Waals surface area (Å²) in [6.07, 6.45) is -0.915. The number of esters is 1. The van der Waals surface area contributed by atoms with Crippen molar-refractivity contribution in [3.8, 4) is 0 Å². The van der Waals surface area contributed by atoms with Crippen LogP contribution in [0.5, 0.6) is 0 Å². The normalized spacial score (nSPS) is 10.2. The smallest absolute Gasteiger partial charge is 0.414 e. The van der Waals surface area contributed by atoms with Gasteiger partial charge >= 0.3 is 12.1 Å². The van der Waals surface area contributed by atoms with Gasteiger partial charge in [0.1, 0.15) is 9.88 Å². The number of thiophene rings is 2. The molecule has 0 aliphatic heterocycles. The fourth-order valence-electron chi connectivity index (χ4n) is 2.16. The predicted molar refractivity (Wildman–Crippen MR) is 102 cm³/mol. The second-order valence-electron chi connectivity index (χ2n) is 5.09. The molecule has 0 fully saturated rings. The van der Waals surface area contributed by atoms with Crippen LogP contribution in [0.1, 0.15) is 49.1 Å². The number of rotatable bonds is 6. The van der Waals surface area contributed by atoms with Crippen molar-refractivity contribution < 1.29 is 28.7 Å². The van der Waals surface area contributed by atoms with Crippen LogP contribution in [0.4, 0.5) is 9.80 Å².